The number of hydrogen-bond acceptors (Lipinski definition) is 7. The highest BCUT2D eigenvalue weighted by Crippen LogP contribution is 2.31. The van der Waals surface area contributed by atoms with Crippen molar-refractivity contribution in [2.45, 2.75) is 43.0 Å². The number of amides is 2. The van der Waals surface area contributed by atoms with E-state index < -0.39 is 16.1 Å². The number of nitrogens with one attached hydrogen (secondary N) is 3. The van der Waals surface area contributed by atoms with Crippen LogP contribution in [0.1, 0.15) is 32.1 Å². The Bertz CT molecular complexity index is 1280. The van der Waals surface area contributed by atoms with E-state index in [0.29, 0.717) is 28.5 Å². The number of thiazole rings is 1. The highest BCUT2D eigenvalue weighted by molar-refractivity contribution is 7.93. The zero-order valence-corrected chi connectivity index (χ0v) is 22.1. The number of hydrogen-bond donors (Lipinski definition) is 3. The predicted octanol–water partition coefficient (Wildman–Crippen LogP) is 5.23. The molecule has 2 amide bonds. The van der Waals surface area contributed by atoms with Crippen LogP contribution in [-0.4, -0.2) is 50.1 Å². The van der Waals surface area contributed by atoms with Crippen LogP contribution in [0.25, 0.3) is 0 Å². The second-order valence-corrected chi connectivity index (χ2v) is 12.0. The number of anilines is 3. The average molecular weight is 542 g/mol. The highest BCUT2D eigenvalue weighted by Gasteiger charge is 2.33. The lowest BCUT2D eigenvalue weighted by molar-refractivity contribution is 0.0366. The molecule has 2 aliphatic rings. The van der Waals surface area contributed by atoms with E-state index in [0.717, 1.165) is 12.4 Å². The number of carbonyl (C=O) groups excluding carboxylic acids is 1. The molecule has 196 valence electrons. The number of ether oxygens (including phenoxy) is 1. The van der Waals surface area contributed by atoms with Crippen LogP contribution in [0.2, 0.25) is 0 Å². The third kappa shape index (κ3) is 6.60. The van der Waals surface area contributed by atoms with Gasteiger partial charge in [0.15, 0.2) is 5.13 Å². The van der Waals surface area contributed by atoms with E-state index >= 15 is 0 Å². The van der Waals surface area contributed by atoms with Gasteiger partial charge in [0.2, 0.25) is 0 Å². The molecular formula is C26H31N5O4S2. The molecule has 2 fully saturated rings. The quantitative estimate of drug-likeness (QED) is 0.360. The molecule has 2 atom stereocenters. The first-order valence-electron chi connectivity index (χ1n) is 12.5. The zero-order chi connectivity index (χ0) is 25.7. The molecule has 0 aliphatic carbocycles. The van der Waals surface area contributed by atoms with Gasteiger partial charge in [-0.2, -0.15) is 0 Å². The Morgan fingerprint density at radius 2 is 1.68 bits per heavy atom. The first-order chi connectivity index (χ1) is 18.0. The van der Waals surface area contributed by atoms with Crippen molar-refractivity contribution < 1.29 is 17.9 Å². The summed E-state index contributed by atoms with van der Waals surface area (Å²) in [5.41, 5.74) is 1.10. The van der Waals surface area contributed by atoms with E-state index in [9.17, 15) is 13.2 Å². The van der Waals surface area contributed by atoms with Gasteiger partial charge in [-0.15, -0.1) is 11.3 Å². The number of rotatable bonds is 8. The summed E-state index contributed by atoms with van der Waals surface area (Å²) in [6, 6.07) is 13.5. The number of benzene rings is 2. The molecular weight excluding hydrogens is 510 g/mol. The van der Waals surface area contributed by atoms with Gasteiger partial charge in [-0.3, -0.25) is 9.62 Å². The SMILES string of the molecule is O=C(Nc1ccc(OC[C@@H]2CCCN3CCCC[C@H]23)cc1)Nc1ccc(S(=O)(=O)Nc2nccs2)cc1. The lowest BCUT2D eigenvalue weighted by Crippen LogP contribution is -2.49. The van der Waals surface area contributed by atoms with Crippen LogP contribution in [0.5, 0.6) is 5.75 Å². The van der Waals surface area contributed by atoms with Crippen molar-refractivity contribution in [3.63, 3.8) is 0 Å². The van der Waals surface area contributed by atoms with E-state index in [1.807, 2.05) is 24.3 Å². The van der Waals surface area contributed by atoms with Crippen molar-refractivity contribution in [2.24, 2.45) is 5.92 Å². The third-order valence-corrected chi connectivity index (χ3v) is 9.05. The van der Waals surface area contributed by atoms with Gasteiger partial charge < -0.3 is 15.4 Å². The van der Waals surface area contributed by atoms with Gasteiger partial charge in [0.25, 0.3) is 10.0 Å². The minimum absolute atomic E-state index is 0.0775. The Balaban J connectivity index is 1.10. The maximum Gasteiger partial charge on any atom is 0.323 e. The third-order valence-electron chi connectivity index (χ3n) is 6.88. The number of fused-ring (bicyclic) bond motifs is 1. The first-order valence-corrected chi connectivity index (χ1v) is 14.9. The fourth-order valence-electron chi connectivity index (χ4n) is 5.07. The van der Waals surface area contributed by atoms with Crippen LogP contribution in [0.15, 0.2) is 65.0 Å². The molecule has 5 rings (SSSR count). The van der Waals surface area contributed by atoms with Crippen molar-refractivity contribution in [3.8, 4) is 5.75 Å². The monoisotopic (exact) mass is 541 g/mol. The molecule has 0 unspecified atom stereocenters. The summed E-state index contributed by atoms with van der Waals surface area (Å²) >= 11 is 1.19. The standard InChI is InChI=1S/C26H31N5O4S2/c32-25(29-21-8-12-23(13-9-21)37(33,34)30-26-27-14-17-36-26)28-20-6-10-22(11-7-20)35-18-19-4-3-16-31-15-2-1-5-24(19)31/h6-14,17,19,24H,1-5,15-16,18H2,(H,27,30)(H2,28,29,32)/t19-,24+/m0/s1. The molecule has 0 radical (unpaired) electrons. The molecule has 3 heterocycles. The summed E-state index contributed by atoms with van der Waals surface area (Å²) in [6.45, 7) is 3.16. The molecule has 3 N–H and O–H groups in total. The molecule has 3 aromatic rings. The van der Waals surface area contributed by atoms with Gasteiger partial charge in [0, 0.05) is 34.9 Å². The molecule has 1 aromatic heterocycles. The number of aromatic nitrogens is 1. The van der Waals surface area contributed by atoms with Gasteiger partial charge in [0.05, 0.1) is 11.5 Å². The first kappa shape index (κ1) is 25.5. The molecule has 0 saturated carbocycles. The minimum atomic E-state index is -3.74. The number of carbonyl (C=O) groups is 1. The topological polar surface area (TPSA) is 113 Å². The predicted molar refractivity (Wildman–Crippen MR) is 146 cm³/mol. The van der Waals surface area contributed by atoms with Crippen molar-refractivity contribution in [1.82, 2.24) is 9.88 Å². The Labute approximate surface area is 221 Å². The molecule has 0 spiro atoms. The summed E-state index contributed by atoms with van der Waals surface area (Å²) in [7, 11) is -3.74. The molecule has 37 heavy (non-hydrogen) atoms. The number of nitrogens with zero attached hydrogens (tertiary/aromatic N) is 2. The van der Waals surface area contributed by atoms with Gasteiger partial charge in [0.1, 0.15) is 5.75 Å². The fraction of sp³-hybridized carbons (Fsp3) is 0.385. The van der Waals surface area contributed by atoms with Crippen LogP contribution in [0.3, 0.4) is 0 Å². The van der Waals surface area contributed by atoms with Crippen molar-refractivity contribution in [3.05, 3.63) is 60.1 Å². The molecule has 2 aliphatic heterocycles. The van der Waals surface area contributed by atoms with E-state index in [1.54, 1.807) is 5.38 Å². The van der Waals surface area contributed by atoms with E-state index in [2.05, 4.69) is 25.2 Å². The molecule has 9 nitrogen and oxygen atoms in total. The number of urea groups is 1. The van der Waals surface area contributed by atoms with Gasteiger partial charge in [-0.25, -0.2) is 18.2 Å². The van der Waals surface area contributed by atoms with Crippen molar-refractivity contribution >= 4 is 43.9 Å². The molecule has 2 aromatic carbocycles. The summed E-state index contributed by atoms with van der Waals surface area (Å²) < 4.78 is 33.4. The average Bonchev–Trinajstić information content (AvgIpc) is 3.41. The van der Waals surface area contributed by atoms with Gasteiger partial charge in [-0.1, -0.05) is 6.42 Å². The van der Waals surface area contributed by atoms with E-state index in [1.165, 1.54) is 87.0 Å². The molecule has 2 saturated heterocycles. The Morgan fingerprint density at radius 3 is 2.38 bits per heavy atom. The van der Waals surface area contributed by atoms with Gasteiger partial charge in [-0.05, 0) is 87.3 Å². The Kier molecular flexibility index (Phi) is 7.92. The molecule has 0 bridgehead atoms. The summed E-state index contributed by atoms with van der Waals surface area (Å²) in [6.07, 6.45) is 7.88. The van der Waals surface area contributed by atoms with Crippen LogP contribution >= 0.6 is 11.3 Å². The maximum atomic E-state index is 12.4. The zero-order valence-electron chi connectivity index (χ0n) is 20.4. The fourth-order valence-corrected chi connectivity index (χ4v) is 6.86. The van der Waals surface area contributed by atoms with Crippen LogP contribution in [0.4, 0.5) is 21.3 Å². The number of piperidine rings is 2. The van der Waals surface area contributed by atoms with Crippen molar-refractivity contribution in [2.75, 3.05) is 35.1 Å². The Hall–Kier alpha value is -3.15. The molecule has 11 heteroatoms. The van der Waals surface area contributed by atoms with Gasteiger partial charge >= 0.3 is 6.03 Å². The van der Waals surface area contributed by atoms with Crippen molar-refractivity contribution in [1.29, 1.82) is 0 Å². The minimum Gasteiger partial charge on any atom is -0.493 e. The van der Waals surface area contributed by atoms with E-state index in [4.69, 9.17) is 4.74 Å². The van der Waals surface area contributed by atoms with E-state index in [-0.39, 0.29) is 4.90 Å². The summed E-state index contributed by atoms with van der Waals surface area (Å²) in [4.78, 5) is 19.1. The number of sulfonamides is 1. The van der Waals surface area contributed by atoms with Crippen LogP contribution in [0, 0.1) is 5.92 Å². The normalized spacial score (nSPS) is 20.0. The van der Waals surface area contributed by atoms with Crippen LogP contribution < -0.4 is 20.1 Å². The highest BCUT2D eigenvalue weighted by atomic mass is 32.2. The smallest absolute Gasteiger partial charge is 0.323 e. The summed E-state index contributed by atoms with van der Waals surface area (Å²) in [5, 5.41) is 7.48. The second kappa shape index (κ2) is 11.5. The lowest BCUT2D eigenvalue weighted by Gasteiger charge is -2.44. The Morgan fingerprint density at radius 1 is 0.973 bits per heavy atom. The maximum absolute atomic E-state index is 12.4. The van der Waals surface area contributed by atoms with Crippen LogP contribution in [-0.2, 0) is 10.0 Å². The lowest BCUT2D eigenvalue weighted by atomic mass is 9.84. The summed E-state index contributed by atoms with van der Waals surface area (Å²) in [5.74, 6) is 1.36. The second-order valence-electron chi connectivity index (χ2n) is 9.38. The largest absolute Gasteiger partial charge is 0.493 e.